The van der Waals surface area contributed by atoms with Crippen LogP contribution in [-0.2, 0) is 13.0 Å². The number of halogens is 1. The van der Waals surface area contributed by atoms with Gasteiger partial charge in [0, 0.05) is 37.3 Å². The third kappa shape index (κ3) is 3.07. The lowest BCUT2D eigenvalue weighted by atomic mass is 9.95. The highest BCUT2D eigenvalue weighted by atomic mass is 35.5. The van der Waals surface area contributed by atoms with E-state index < -0.39 is 0 Å². The highest BCUT2D eigenvalue weighted by Crippen LogP contribution is 2.36. The van der Waals surface area contributed by atoms with E-state index in [4.69, 9.17) is 0 Å². The normalized spacial score (nSPS) is 19.4. The molecule has 0 bridgehead atoms. The van der Waals surface area contributed by atoms with Crippen molar-refractivity contribution in [2.45, 2.75) is 45.7 Å². The summed E-state index contributed by atoms with van der Waals surface area (Å²) in [5, 5.41) is 10.8. The molecule has 0 spiro atoms. The lowest BCUT2D eigenvalue weighted by Gasteiger charge is -2.27. The van der Waals surface area contributed by atoms with Crippen LogP contribution in [-0.4, -0.2) is 34.1 Å². The highest BCUT2D eigenvalue weighted by Gasteiger charge is 2.34. The second-order valence-corrected chi connectivity index (χ2v) is 6.90. The number of aromatic amines is 1. The largest absolute Gasteiger partial charge is 0.330 e. The predicted molar refractivity (Wildman–Crippen MR) is 100 cm³/mol. The average molecular weight is 361 g/mol. The summed E-state index contributed by atoms with van der Waals surface area (Å²) in [7, 11) is 0. The lowest BCUT2D eigenvalue weighted by Crippen LogP contribution is -2.33. The van der Waals surface area contributed by atoms with Crippen LogP contribution in [0.25, 0.3) is 0 Å². The highest BCUT2D eigenvalue weighted by molar-refractivity contribution is 5.94. The number of fused-ring (bicyclic) bond motifs is 1. The zero-order valence-electron chi connectivity index (χ0n) is 14.8. The Hall–Kier alpha value is -1.85. The molecule has 2 aromatic rings. The van der Waals surface area contributed by atoms with E-state index in [1.54, 1.807) is 0 Å². The molecule has 25 heavy (non-hydrogen) atoms. The number of likely N-dealkylation sites (tertiary alicyclic amines) is 1. The maximum absolute atomic E-state index is 13.2. The lowest BCUT2D eigenvalue weighted by molar-refractivity contribution is 0.0728. The van der Waals surface area contributed by atoms with Gasteiger partial charge in [-0.25, -0.2) is 0 Å². The number of amides is 1. The quantitative estimate of drug-likeness (QED) is 0.865. The van der Waals surface area contributed by atoms with Crippen LogP contribution in [0.3, 0.4) is 0 Å². The molecular weight excluding hydrogens is 336 g/mol. The van der Waals surface area contributed by atoms with E-state index in [9.17, 15) is 4.79 Å². The van der Waals surface area contributed by atoms with Crippen LogP contribution in [0, 0.1) is 13.8 Å². The Morgan fingerprint density at radius 2 is 2.16 bits per heavy atom. The summed E-state index contributed by atoms with van der Waals surface area (Å²) in [6, 6.07) is 6.57. The van der Waals surface area contributed by atoms with Gasteiger partial charge in [-0.1, -0.05) is 18.2 Å². The molecule has 1 aromatic heterocycles. The van der Waals surface area contributed by atoms with E-state index in [1.165, 1.54) is 16.7 Å². The summed E-state index contributed by atoms with van der Waals surface area (Å²) < 4.78 is 0. The summed E-state index contributed by atoms with van der Waals surface area (Å²) in [6.07, 6.45) is 2.99. The Bertz CT molecular complexity index is 786. The van der Waals surface area contributed by atoms with Crippen LogP contribution in [0.2, 0.25) is 0 Å². The maximum atomic E-state index is 13.2. The summed E-state index contributed by atoms with van der Waals surface area (Å²) in [5.41, 5.74) is 6.64. The smallest absolute Gasteiger partial charge is 0.275 e. The minimum absolute atomic E-state index is 0. The molecule has 6 heteroatoms. The fourth-order valence-electron chi connectivity index (χ4n) is 4.01. The molecule has 1 amide bonds. The Balaban J connectivity index is 0.00000182. The molecule has 2 N–H and O–H groups in total. The SMILES string of the molecule is Cc1cccc(C2CCCN2C(=O)c2n[nH]c3c2CNCC3)c1C.Cl. The first kappa shape index (κ1) is 18.0. The zero-order valence-corrected chi connectivity index (χ0v) is 15.6. The van der Waals surface area contributed by atoms with Crippen molar-refractivity contribution >= 4 is 18.3 Å². The molecular formula is C19H25ClN4O. The molecule has 4 rings (SSSR count). The van der Waals surface area contributed by atoms with Crippen LogP contribution < -0.4 is 5.32 Å². The fraction of sp³-hybridized carbons (Fsp3) is 0.474. The van der Waals surface area contributed by atoms with Gasteiger partial charge in [0.05, 0.1) is 6.04 Å². The molecule has 0 aliphatic carbocycles. The Morgan fingerprint density at radius 3 is 3.00 bits per heavy atom. The average Bonchev–Trinajstić information content (AvgIpc) is 3.23. The maximum Gasteiger partial charge on any atom is 0.275 e. The number of rotatable bonds is 2. The van der Waals surface area contributed by atoms with Crippen molar-refractivity contribution in [1.82, 2.24) is 20.4 Å². The Labute approximate surface area is 154 Å². The number of nitrogens with zero attached hydrogens (tertiary/aromatic N) is 2. The first-order valence-corrected chi connectivity index (χ1v) is 8.80. The minimum atomic E-state index is 0. The molecule has 134 valence electrons. The Morgan fingerprint density at radius 1 is 1.32 bits per heavy atom. The predicted octanol–water partition coefficient (Wildman–Crippen LogP) is 3.07. The molecule has 1 atom stereocenters. The number of carbonyl (C=O) groups excluding carboxylic acids is 1. The van der Waals surface area contributed by atoms with Gasteiger partial charge in [0.1, 0.15) is 0 Å². The van der Waals surface area contributed by atoms with Crippen molar-refractivity contribution in [3.05, 3.63) is 51.8 Å². The number of nitrogens with one attached hydrogen (secondary N) is 2. The standard InChI is InChI=1S/C19H24N4O.ClH/c1-12-5-3-6-14(13(12)2)17-7-4-10-23(17)19(24)18-15-11-20-9-8-16(15)21-22-18;/h3,5-6,17,20H,4,7-11H2,1-2H3,(H,21,22);1H. The molecule has 5 nitrogen and oxygen atoms in total. The third-order valence-electron chi connectivity index (χ3n) is 5.53. The molecule has 2 aliphatic rings. The molecule has 3 heterocycles. The van der Waals surface area contributed by atoms with Crippen molar-refractivity contribution in [3.63, 3.8) is 0 Å². The van der Waals surface area contributed by atoms with Gasteiger partial charge in [0.2, 0.25) is 0 Å². The number of hydrogen-bond acceptors (Lipinski definition) is 3. The first-order chi connectivity index (χ1) is 11.7. The summed E-state index contributed by atoms with van der Waals surface area (Å²) in [6.45, 7) is 6.78. The van der Waals surface area contributed by atoms with Gasteiger partial charge in [-0.3, -0.25) is 9.89 Å². The number of aromatic nitrogens is 2. The number of carbonyl (C=O) groups is 1. The van der Waals surface area contributed by atoms with Crippen molar-refractivity contribution in [2.24, 2.45) is 0 Å². The van der Waals surface area contributed by atoms with Gasteiger partial charge >= 0.3 is 0 Å². The van der Waals surface area contributed by atoms with Crippen molar-refractivity contribution in [3.8, 4) is 0 Å². The first-order valence-electron chi connectivity index (χ1n) is 8.80. The van der Waals surface area contributed by atoms with Crippen molar-refractivity contribution < 1.29 is 4.79 Å². The van der Waals surface area contributed by atoms with Gasteiger partial charge in [0.25, 0.3) is 5.91 Å². The zero-order chi connectivity index (χ0) is 16.7. The second-order valence-electron chi connectivity index (χ2n) is 6.90. The summed E-state index contributed by atoms with van der Waals surface area (Å²) >= 11 is 0. The molecule has 1 unspecified atom stereocenters. The minimum Gasteiger partial charge on any atom is -0.330 e. The molecule has 1 aromatic carbocycles. The fourth-order valence-corrected chi connectivity index (χ4v) is 4.01. The number of H-pyrrole nitrogens is 1. The summed E-state index contributed by atoms with van der Waals surface area (Å²) in [4.78, 5) is 15.2. The molecule has 0 saturated carbocycles. The monoisotopic (exact) mass is 360 g/mol. The van der Waals surface area contributed by atoms with E-state index in [-0.39, 0.29) is 24.4 Å². The van der Waals surface area contributed by atoms with Gasteiger partial charge in [0.15, 0.2) is 5.69 Å². The van der Waals surface area contributed by atoms with Gasteiger partial charge < -0.3 is 10.2 Å². The molecule has 2 aliphatic heterocycles. The number of hydrogen-bond donors (Lipinski definition) is 2. The van der Waals surface area contributed by atoms with Gasteiger partial charge in [-0.2, -0.15) is 5.10 Å². The van der Waals surface area contributed by atoms with Gasteiger partial charge in [-0.15, -0.1) is 12.4 Å². The summed E-state index contributed by atoms with van der Waals surface area (Å²) in [5.74, 6) is 0.0691. The van der Waals surface area contributed by atoms with Crippen LogP contribution in [0.4, 0.5) is 0 Å². The van der Waals surface area contributed by atoms with E-state index >= 15 is 0 Å². The molecule has 0 radical (unpaired) electrons. The molecule has 1 fully saturated rings. The number of benzene rings is 1. The molecule has 1 saturated heterocycles. The van der Waals surface area contributed by atoms with E-state index in [2.05, 4.69) is 47.6 Å². The third-order valence-corrected chi connectivity index (χ3v) is 5.53. The van der Waals surface area contributed by atoms with E-state index in [0.29, 0.717) is 5.69 Å². The van der Waals surface area contributed by atoms with E-state index in [0.717, 1.165) is 50.2 Å². The van der Waals surface area contributed by atoms with Crippen molar-refractivity contribution in [2.75, 3.05) is 13.1 Å². The van der Waals surface area contributed by atoms with Crippen LogP contribution in [0.15, 0.2) is 18.2 Å². The number of aryl methyl sites for hydroxylation is 1. The second kappa shape index (κ2) is 7.18. The van der Waals surface area contributed by atoms with Crippen LogP contribution in [0.5, 0.6) is 0 Å². The van der Waals surface area contributed by atoms with Crippen molar-refractivity contribution in [1.29, 1.82) is 0 Å². The van der Waals surface area contributed by atoms with Crippen LogP contribution >= 0.6 is 12.4 Å². The van der Waals surface area contributed by atoms with E-state index in [1.807, 2.05) is 4.90 Å². The topological polar surface area (TPSA) is 61.0 Å². The Kier molecular flexibility index (Phi) is 5.16. The van der Waals surface area contributed by atoms with Crippen LogP contribution in [0.1, 0.15) is 57.3 Å². The van der Waals surface area contributed by atoms with Gasteiger partial charge in [-0.05, 0) is 43.4 Å².